The molecule has 0 aromatic carbocycles. The molecule has 0 aromatic heterocycles. The molecule has 2 aliphatic rings. The van der Waals surface area contributed by atoms with Gasteiger partial charge in [-0.25, -0.2) is 0 Å². The first-order valence-corrected chi connectivity index (χ1v) is 11.0. The number of nitrogens with zero attached hydrogens (tertiary/aromatic N) is 2. The van der Waals surface area contributed by atoms with E-state index in [1.165, 1.54) is 38.5 Å². The summed E-state index contributed by atoms with van der Waals surface area (Å²) in [6, 6.07) is 0. The molecule has 1 radical (unpaired) electrons. The second-order valence-corrected chi connectivity index (χ2v) is 12.5. The summed E-state index contributed by atoms with van der Waals surface area (Å²) in [5.41, 5.74) is 1.52. The van der Waals surface area contributed by atoms with Crippen molar-refractivity contribution in [1.82, 2.24) is 7.21 Å². The summed E-state index contributed by atoms with van der Waals surface area (Å²) in [6.07, 6.45) is 8.23. The van der Waals surface area contributed by atoms with Crippen LogP contribution in [0.4, 0.5) is 0 Å². The average molecular weight is 350 g/mol. The van der Waals surface area contributed by atoms with E-state index in [0.29, 0.717) is 22.2 Å². The molecule has 2 aliphatic heterocycles. The van der Waals surface area contributed by atoms with Crippen LogP contribution in [0.1, 0.15) is 93.9 Å². The molecule has 2 nitrogen and oxygen atoms in total. The fraction of sp³-hybridized carbons (Fsp3) is 1.00. The minimum absolute atomic E-state index is 0.380. The Hall–Kier alpha value is 0.556. The summed E-state index contributed by atoms with van der Waals surface area (Å²) in [5.74, 6) is 0. The monoisotopic (exact) mass is 349 g/mol. The van der Waals surface area contributed by atoms with E-state index in [1.807, 2.05) is 0 Å². The van der Waals surface area contributed by atoms with Gasteiger partial charge >= 0.3 is 141 Å². The molecular weight excluding hydrogens is 314 g/mol. The fourth-order valence-corrected chi connectivity index (χ4v) is 8.96. The Morgan fingerprint density at radius 1 is 0.524 bits per heavy atom. The van der Waals surface area contributed by atoms with Gasteiger partial charge in [0.1, 0.15) is 0 Å². The van der Waals surface area contributed by atoms with Crippen LogP contribution in [0.15, 0.2) is 0 Å². The molecular formula is C18H36GaN2. The predicted octanol–water partition coefficient (Wildman–Crippen LogP) is 4.61. The second kappa shape index (κ2) is 5.57. The molecule has 0 atom stereocenters. The van der Waals surface area contributed by atoms with Crippen LogP contribution in [0.2, 0.25) is 0 Å². The maximum atomic E-state index is 2.95. The van der Waals surface area contributed by atoms with Gasteiger partial charge in [0.05, 0.1) is 0 Å². The first-order valence-electron chi connectivity index (χ1n) is 8.83. The van der Waals surface area contributed by atoms with Gasteiger partial charge < -0.3 is 0 Å². The number of hydrogen-bond donors (Lipinski definition) is 0. The third-order valence-electron chi connectivity index (χ3n) is 5.99. The summed E-state index contributed by atoms with van der Waals surface area (Å²) in [6.45, 7) is 19.9. The Balaban J connectivity index is 2.28. The van der Waals surface area contributed by atoms with E-state index < -0.39 is 17.9 Å². The van der Waals surface area contributed by atoms with Crippen LogP contribution >= 0.6 is 0 Å². The van der Waals surface area contributed by atoms with Crippen LogP contribution in [0.25, 0.3) is 0 Å². The van der Waals surface area contributed by atoms with Crippen molar-refractivity contribution < 1.29 is 0 Å². The zero-order valence-corrected chi connectivity index (χ0v) is 18.1. The van der Waals surface area contributed by atoms with E-state index in [2.05, 4.69) is 62.6 Å². The summed E-state index contributed by atoms with van der Waals surface area (Å²) < 4.78 is 5.89. The third-order valence-corrected chi connectivity index (χ3v) is 12.8. The van der Waals surface area contributed by atoms with Gasteiger partial charge in [-0.3, -0.25) is 0 Å². The molecule has 2 rings (SSSR count). The Morgan fingerprint density at radius 2 is 0.762 bits per heavy atom. The van der Waals surface area contributed by atoms with E-state index in [-0.39, 0.29) is 0 Å². The van der Waals surface area contributed by atoms with Crippen molar-refractivity contribution in [3.8, 4) is 0 Å². The van der Waals surface area contributed by atoms with Crippen LogP contribution < -0.4 is 0 Å². The van der Waals surface area contributed by atoms with Crippen LogP contribution in [-0.4, -0.2) is 47.3 Å². The van der Waals surface area contributed by atoms with Crippen molar-refractivity contribution in [3.05, 3.63) is 0 Å². The molecule has 2 fully saturated rings. The van der Waals surface area contributed by atoms with Crippen LogP contribution in [0, 0.1) is 0 Å². The van der Waals surface area contributed by atoms with Crippen molar-refractivity contribution in [1.29, 1.82) is 0 Å². The second-order valence-electron chi connectivity index (χ2n) is 9.81. The zero-order valence-electron chi connectivity index (χ0n) is 15.7. The van der Waals surface area contributed by atoms with E-state index in [1.54, 1.807) is 0 Å². The molecule has 0 amide bonds. The Labute approximate surface area is 141 Å². The number of rotatable bonds is 2. The summed E-state index contributed by atoms with van der Waals surface area (Å²) in [5, 5.41) is 0. The van der Waals surface area contributed by atoms with Crippen molar-refractivity contribution in [3.63, 3.8) is 0 Å². The zero-order chi connectivity index (χ0) is 16.1. The van der Waals surface area contributed by atoms with E-state index in [0.717, 1.165) is 0 Å². The predicted molar refractivity (Wildman–Crippen MR) is 93.5 cm³/mol. The van der Waals surface area contributed by atoms with Crippen molar-refractivity contribution in [2.45, 2.75) is 116 Å². The number of piperidine rings is 2. The van der Waals surface area contributed by atoms with Gasteiger partial charge in [0, 0.05) is 0 Å². The molecule has 0 N–H and O–H groups in total. The first-order chi connectivity index (χ1) is 9.39. The molecule has 0 aliphatic carbocycles. The third kappa shape index (κ3) is 3.57. The average Bonchev–Trinajstić information content (AvgIpc) is 2.23. The summed E-state index contributed by atoms with van der Waals surface area (Å²) >= 11 is -0.623. The SMILES string of the molecule is CC1(C)CCCC(C)(C)[N]1[Ga][N]1C(C)(C)CCCC1(C)C. The van der Waals surface area contributed by atoms with E-state index >= 15 is 0 Å². The van der Waals surface area contributed by atoms with Gasteiger partial charge in [0.25, 0.3) is 0 Å². The molecule has 121 valence electrons. The molecule has 21 heavy (non-hydrogen) atoms. The molecule has 0 saturated carbocycles. The van der Waals surface area contributed by atoms with Gasteiger partial charge in [-0.05, 0) is 0 Å². The molecule has 0 aromatic rings. The standard InChI is InChI=1S/2C9H18N.Ga/c2*1-8(2)6-5-7-9(3,4)10-8;/h2*5-7H2,1-4H3;/q2*-1;+2. The molecule has 0 bridgehead atoms. The van der Waals surface area contributed by atoms with Gasteiger partial charge in [0.15, 0.2) is 0 Å². The summed E-state index contributed by atoms with van der Waals surface area (Å²) in [7, 11) is 0. The molecule has 2 heterocycles. The van der Waals surface area contributed by atoms with E-state index in [9.17, 15) is 0 Å². The molecule has 0 spiro atoms. The molecule has 0 unspecified atom stereocenters. The normalized spacial score (nSPS) is 31.8. The van der Waals surface area contributed by atoms with Crippen molar-refractivity contribution >= 4 is 17.9 Å². The quantitative estimate of drug-likeness (QED) is 0.672. The van der Waals surface area contributed by atoms with Gasteiger partial charge in [0.2, 0.25) is 0 Å². The molecule has 2 saturated heterocycles. The van der Waals surface area contributed by atoms with Gasteiger partial charge in [-0.15, -0.1) is 0 Å². The topological polar surface area (TPSA) is 6.48 Å². The molecule has 3 heteroatoms. The Bertz CT molecular complexity index is 317. The number of hydrogen-bond acceptors (Lipinski definition) is 2. The van der Waals surface area contributed by atoms with Crippen LogP contribution in [-0.2, 0) is 0 Å². The Morgan fingerprint density at radius 3 is 1.00 bits per heavy atom. The first kappa shape index (κ1) is 17.9. The van der Waals surface area contributed by atoms with Gasteiger partial charge in [-0.2, -0.15) is 0 Å². The minimum atomic E-state index is -0.623. The fourth-order valence-electron chi connectivity index (χ4n) is 4.77. The van der Waals surface area contributed by atoms with Crippen molar-refractivity contribution in [2.75, 3.05) is 0 Å². The van der Waals surface area contributed by atoms with Gasteiger partial charge in [-0.1, -0.05) is 0 Å². The Kier molecular flexibility index (Phi) is 4.75. The van der Waals surface area contributed by atoms with Crippen LogP contribution in [0.3, 0.4) is 0 Å². The van der Waals surface area contributed by atoms with Crippen molar-refractivity contribution in [2.24, 2.45) is 0 Å². The maximum absolute atomic E-state index is 2.95. The summed E-state index contributed by atoms with van der Waals surface area (Å²) in [4.78, 5) is 0. The van der Waals surface area contributed by atoms with Crippen LogP contribution in [0.5, 0.6) is 0 Å². The van der Waals surface area contributed by atoms with E-state index in [4.69, 9.17) is 0 Å².